The molecule has 12 nitrogen and oxygen atoms in total. The number of fused-ring (bicyclic) bond motifs is 6. The standard InChI is InChI=1S/C88H50N12/c1-91-65-43-45-66(64(50-65)54-90)60-41-46-77-72(51-60)68-32-15-17-36-75(68)99(77)79-38-20-34-70(87-95-83(56-22-7-3-8-23-56)93-84(96-87)57-24-9-4-10-25-57)81(79)62-30-19-31-63(49-62)82-71(88-97-85(58-26-11-5-12-27-58)94-86(98-88)59-28-13-6-14-29-59)35-21-39-80(82)100-76-37-18-16-33-69(76)73-52-61(42-47-78(73)100)67-44-40-55(53-89)48-74(67)92-2/h3-52H. The van der Waals surface area contributed by atoms with Crippen molar-refractivity contribution in [1.29, 1.82) is 10.5 Å². The summed E-state index contributed by atoms with van der Waals surface area (Å²) >= 11 is 0. The second-order valence-electron chi connectivity index (χ2n) is 24.1. The van der Waals surface area contributed by atoms with Gasteiger partial charge >= 0.3 is 0 Å². The van der Waals surface area contributed by atoms with Crippen LogP contribution < -0.4 is 0 Å². The largest absolute Gasteiger partial charge is 0.309 e. The second-order valence-corrected chi connectivity index (χ2v) is 24.1. The van der Waals surface area contributed by atoms with Crippen molar-refractivity contribution < 1.29 is 0 Å². The monoisotopic (exact) mass is 1270 g/mol. The zero-order valence-corrected chi connectivity index (χ0v) is 53.2. The molecule has 0 amide bonds. The van der Waals surface area contributed by atoms with Gasteiger partial charge in [-0.05, 0) is 106 Å². The molecule has 0 spiro atoms. The minimum absolute atomic E-state index is 0.399. The summed E-state index contributed by atoms with van der Waals surface area (Å²) in [5, 5.41) is 24.2. The van der Waals surface area contributed by atoms with Crippen LogP contribution in [0.15, 0.2) is 303 Å². The number of hydrogen-bond donors (Lipinski definition) is 0. The predicted molar refractivity (Wildman–Crippen MR) is 398 cm³/mol. The average molecular weight is 1280 g/mol. The van der Waals surface area contributed by atoms with Gasteiger partial charge in [0.15, 0.2) is 46.3 Å². The highest BCUT2D eigenvalue weighted by atomic mass is 15.1. The number of nitriles is 2. The van der Waals surface area contributed by atoms with E-state index in [-0.39, 0.29) is 0 Å². The third kappa shape index (κ3) is 10.4. The van der Waals surface area contributed by atoms with Gasteiger partial charge in [-0.2, -0.15) is 10.5 Å². The van der Waals surface area contributed by atoms with Gasteiger partial charge in [-0.25, -0.2) is 39.6 Å². The molecular weight excluding hydrogens is 1230 g/mol. The molecule has 0 aliphatic rings. The fraction of sp³-hybridized carbons (Fsp3) is 0. The minimum atomic E-state index is 0.399. The normalized spacial score (nSPS) is 11.2. The maximum absolute atomic E-state index is 10.5. The van der Waals surface area contributed by atoms with Gasteiger partial charge < -0.3 is 9.13 Å². The highest BCUT2D eigenvalue weighted by molar-refractivity contribution is 6.13. The molecule has 4 heterocycles. The first-order valence-corrected chi connectivity index (χ1v) is 32.4. The van der Waals surface area contributed by atoms with Gasteiger partial charge in [0.25, 0.3) is 0 Å². The quantitative estimate of drug-likeness (QED) is 0.110. The van der Waals surface area contributed by atoms with E-state index in [2.05, 4.69) is 177 Å². The predicted octanol–water partition coefficient (Wildman–Crippen LogP) is 21.8. The van der Waals surface area contributed by atoms with E-state index in [1.807, 2.05) is 133 Å². The molecule has 13 aromatic carbocycles. The Morgan fingerprint density at radius 2 is 0.680 bits per heavy atom. The molecule has 0 aliphatic heterocycles. The summed E-state index contributed by atoms with van der Waals surface area (Å²) in [6.45, 7) is 15.9. The lowest BCUT2D eigenvalue weighted by Gasteiger charge is -2.21. The summed E-state index contributed by atoms with van der Waals surface area (Å²) in [7, 11) is 0. The Bertz CT molecular complexity index is 5830. The van der Waals surface area contributed by atoms with Crippen molar-refractivity contribution in [3.05, 3.63) is 337 Å². The van der Waals surface area contributed by atoms with Gasteiger partial charge in [0, 0.05) is 77.2 Å². The Kier molecular flexibility index (Phi) is 14.8. The summed E-state index contributed by atoms with van der Waals surface area (Å²) in [4.78, 5) is 39.6. The van der Waals surface area contributed by atoms with Crippen LogP contribution in [0.5, 0.6) is 0 Å². The molecule has 0 N–H and O–H groups in total. The van der Waals surface area contributed by atoms with Gasteiger partial charge in [-0.15, -0.1) is 0 Å². The second kappa shape index (κ2) is 25.0. The summed E-state index contributed by atoms with van der Waals surface area (Å²) < 4.78 is 4.63. The molecule has 0 unspecified atom stereocenters. The Morgan fingerprint density at radius 3 is 1.12 bits per heavy atom. The van der Waals surface area contributed by atoms with E-state index in [1.165, 1.54) is 0 Å². The Labute approximate surface area is 574 Å². The number of hydrogen-bond acceptors (Lipinski definition) is 8. The highest BCUT2D eigenvalue weighted by Gasteiger charge is 2.27. The van der Waals surface area contributed by atoms with Crippen molar-refractivity contribution in [3.63, 3.8) is 0 Å². The maximum Gasteiger partial charge on any atom is 0.196 e. The van der Waals surface area contributed by atoms with Crippen LogP contribution in [0, 0.1) is 35.8 Å². The molecule has 17 aromatic rings. The molecule has 0 fully saturated rings. The molecular formula is C88H50N12. The molecule has 12 heteroatoms. The van der Waals surface area contributed by atoms with E-state index in [9.17, 15) is 10.5 Å². The van der Waals surface area contributed by atoms with E-state index in [0.29, 0.717) is 57.4 Å². The van der Waals surface area contributed by atoms with Crippen LogP contribution in [0.2, 0.25) is 0 Å². The number of nitrogens with zero attached hydrogens (tertiary/aromatic N) is 12. The van der Waals surface area contributed by atoms with Crippen LogP contribution in [-0.4, -0.2) is 39.0 Å². The van der Waals surface area contributed by atoms with Gasteiger partial charge in [0.2, 0.25) is 0 Å². The Balaban J connectivity index is 0.959. The third-order valence-corrected chi connectivity index (χ3v) is 18.4. The van der Waals surface area contributed by atoms with Crippen LogP contribution in [0.4, 0.5) is 11.4 Å². The van der Waals surface area contributed by atoms with Crippen LogP contribution in [0.3, 0.4) is 0 Å². The lowest BCUT2D eigenvalue weighted by molar-refractivity contribution is 1.07. The first kappa shape index (κ1) is 59.2. The Morgan fingerprint density at radius 1 is 0.280 bits per heavy atom. The fourth-order valence-electron chi connectivity index (χ4n) is 13.8. The fourth-order valence-corrected chi connectivity index (χ4v) is 13.8. The summed E-state index contributed by atoms with van der Waals surface area (Å²) in [6.07, 6.45) is 0. The lowest BCUT2D eigenvalue weighted by atomic mass is 9.91. The van der Waals surface area contributed by atoms with Crippen LogP contribution >= 0.6 is 0 Å². The average Bonchev–Trinajstić information content (AvgIpc) is 1.55. The topological polar surface area (TPSA) is 144 Å². The summed E-state index contributed by atoms with van der Waals surface area (Å²) in [6, 6.07) is 106. The molecule has 4 aromatic heterocycles. The van der Waals surface area contributed by atoms with Crippen LogP contribution in [0.1, 0.15) is 11.1 Å². The van der Waals surface area contributed by atoms with E-state index < -0.39 is 0 Å². The number of para-hydroxylation sites is 2. The molecule has 0 radical (unpaired) electrons. The molecule has 100 heavy (non-hydrogen) atoms. The van der Waals surface area contributed by atoms with Crippen molar-refractivity contribution in [2.75, 3.05) is 0 Å². The van der Waals surface area contributed by atoms with Crippen molar-refractivity contribution in [3.8, 4) is 136 Å². The SMILES string of the molecule is [C-]#[N+]c1ccc(-c2ccc3c(c2)c2ccccc2n3-c2cccc(-c3nc(-c4ccccc4)nc(-c4ccccc4)n3)c2-c2cccc(-c3c(-c4nc(-c5ccccc5)nc(-c5ccccc5)n4)cccc3-n3c4ccccc4c4cc(-c5ccc(C#N)cc5[N+]#[C-])ccc43)c2)c(C#N)c1. The zero-order valence-electron chi connectivity index (χ0n) is 53.2. The first-order chi connectivity index (χ1) is 49.4. The number of benzene rings is 13. The van der Waals surface area contributed by atoms with E-state index >= 15 is 0 Å². The van der Waals surface area contributed by atoms with E-state index in [0.717, 1.165) is 133 Å². The molecule has 462 valence electrons. The van der Waals surface area contributed by atoms with Gasteiger partial charge in [0.05, 0.1) is 58.7 Å². The van der Waals surface area contributed by atoms with Crippen LogP contribution in [0.25, 0.3) is 178 Å². The van der Waals surface area contributed by atoms with E-state index in [4.69, 9.17) is 43.0 Å². The highest BCUT2D eigenvalue weighted by Crippen LogP contribution is 2.47. The van der Waals surface area contributed by atoms with Crippen molar-refractivity contribution in [1.82, 2.24) is 39.0 Å². The van der Waals surface area contributed by atoms with Crippen LogP contribution in [-0.2, 0) is 0 Å². The molecule has 0 bridgehead atoms. The molecule has 0 saturated carbocycles. The molecule has 0 atom stereocenters. The van der Waals surface area contributed by atoms with E-state index in [1.54, 1.807) is 24.3 Å². The third-order valence-electron chi connectivity index (χ3n) is 18.4. The van der Waals surface area contributed by atoms with Crippen molar-refractivity contribution in [2.24, 2.45) is 0 Å². The van der Waals surface area contributed by atoms with Crippen molar-refractivity contribution in [2.45, 2.75) is 0 Å². The van der Waals surface area contributed by atoms with Gasteiger partial charge in [-0.3, -0.25) is 0 Å². The van der Waals surface area contributed by atoms with Crippen molar-refractivity contribution >= 4 is 55.0 Å². The lowest BCUT2D eigenvalue weighted by Crippen LogP contribution is -2.05. The summed E-state index contributed by atoms with van der Waals surface area (Å²) in [5.41, 5.74) is 18.5. The summed E-state index contributed by atoms with van der Waals surface area (Å²) in [5.74, 6) is 3.00. The molecule has 0 aliphatic carbocycles. The Hall–Kier alpha value is -14.6. The molecule has 0 saturated heterocycles. The number of aromatic nitrogens is 8. The van der Waals surface area contributed by atoms with Gasteiger partial charge in [0.1, 0.15) is 0 Å². The minimum Gasteiger partial charge on any atom is -0.309 e. The molecule has 17 rings (SSSR count). The maximum atomic E-state index is 10.5. The zero-order chi connectivity index (χ0) is 67.2. The smallest absolute Gasteiger partial charge is 0.196 e. The van der Waals surface area contributed by atoms with Gasteiger partial charge in [-0.1, -0.05) is 231 Å². The number of rotatable bonds is 12. The first-order valence-electron chi connectivity index (χ1n) is 32.4.